The number of benzene rings is 3. The van der Waals surface area contributed by atoms with Crippen LogP contribution < -0.4 is 5.46 Å². The Kier molecular flexibility index (Phi) is 6.32. The summed E-state index contributed by atoms with van der Waals surface area (Å²) in [6, 6.07) is 27.4. The maximum absolute atomic E-state index is 6.26. The van der Waals surface area contributed by atoms with Gasteiger partial charge in [-0.05, 0) is 40.6 Å². The highest BCUT2D eigenvalue weighted by Crippen LogP contribution is 2.33. The first-order valence-electron chi connectivity index (χ1n) is 10.4. The molecule has 3 aromatic carbocycles. The first-order valence-corrected chi connectivity index (χ1v) is 10.4. The van der Waals surface area contributed by atoms with Gasteiger partial charge >= 0.3 is 7.12 Å². The summed E-state index contributed by atoms with van der Waals surface area (Å²) in [5.74, 6) is 0. The minimum atomic E-state index is -0.300. The lowest BCUT2D eigenvalue weighted by molar-refractivity contribution is 0.00971. The molecular formula is C27H27BO2. The summed E-state index contributed by atoms with van der Waals surface area (Å²) in [7, 11) is -0.300. The van der Waals surface area contributed by atoms with Crippen molar-refractivity contribution in [1.29, 1.82) is 0 Å². The van der Waals surface area contributed by atoms with E-state index in [-0.39, 0.29) is 12.5 Å². The molecule has 0 bridgehead atoms. The molecular weight excluding hydrogens is 367 g/mol. The molecule has 0 amide bonds. The second kappa shape index (κ2) is 9.29. The van der Waals surface area contributed by atoms with Crippen molar-refractivity contribution in [3.8, 4) is 0 Å². The molecule has 0 unspecified atom stereocenters. The molecule has 1 aliphatic heterocycles. The van der Waals surface area contributed by atoms with Gasteiger partial charge in [0, 0.05) is 18.6 Å². The van der Waals surface area contributed by atoms with Crippen LogP contribution in [-0.4, -0.2) is 20.3 Å². The molecule has 3 aromatic rings. The topological polar surface area (TPSA) is 18.5 Å². The first kappa shape index (κ1) is 20.4. The third-order valence-electron chi connectivity index (χ3n) is 5.74. The largest absolute Gasteiger partial charge is 0.493 e. The number of hydrogen-bond acceptors (Lipinski definition) is 2. The predicted molar refractivity (Wildman–Crippen MR) is 127 cm³/mol. The molecule has 0 aromatic heterocycles. The number of rotatable bonds is 7. The van der Waals surface area contributed by atoms with E-state index in [2.05, 4.69) is 73.8 Å². The molecule has 4 rings (SSSR count). The van der Waals surface area contributed by atoms with Crippen LogP contribution in [0.4, 0.5) is 0 Å². The van der Waals surface area contributed by atoms with Crippen LogP contribution in [0, 0.1) is 5.41 Å². The lowest BCUT2D eigenvalue weighted by atomic mass is 9.71. The van der Waals surface area contributed by atoms with Crippen LogP contribution in [0.5, 0.6) is 0 Å². The van der Waals surface area contributed by atoms with E-state index < -0.39 is 0 Å². The molecule has 0 radical (unpaired) electrons. The van der Waals surface area contributed by atoms with Crippen LogP contribution in [0.15, 0.2) is 92.0 Å². The molecule has 150 valence electrons. The van der Waals surface area contributed by atoms with Crippen LogP contribution in [0.1, 0.15) is 22.3 Å². The van der Waals surface area contributed by atoms with E-state index in [1.165, 1.54) is 11.1 Å². The maximum atomic E-state index is 6.26. The smallest absolute Gasteiger partial charge is 0.407 e. The van der Waals surface area contributed by atoms with Crippen LogP contribution in [0.25, 0.3) is 12.2 Å². The summed E-state index contributed by atoms with van der Waals surface area (Å²) in [5.41, 5.74) is 5.79. The highest BCUT2D eigenvalue weighted by Gasteiger charge is 2.40. The molecule has 0 N–H and O–H groups in total. The minimum Gasteiger partial charge on any atom is -0.407 e. The van der Waals surface area contributed by atoms with Crippen molar-refractivity contribution in [2.24, 2.45) is 5.41 Å². The Hall–Kier alpha value is -2.88. The average Bonchev–Trinajstić information content (AvgIpc) is 2.81. The van der Waals surface area contributed by atoms with Crippen LogP contribution in [-0.2, 0) is 22.2 Å². The van der Waals surface area contributed by atoms with Crippen LogP contribution in [0.2, 0.25) is 0 Å². The van der Waals surface area contributed by atoms with E-state index in [0.717, 1.165) is 29.4 Å². The standard InChI is InChI=1S/C27H27BO2/c1-3-22-10-14-24(15-11-22)18-27(19-25-16-12-23(4-2)13-17-25)20-29-28(30-21-27)26-8-6-5-7-9-26/h3-17H,1-2,18-21H2. The molecule has 1 heterocycles. The van der Waals surface area contributed by atoms with Crippen molar-refractivity contribution < 1.29 is 9.31 Å². The van der Waals surface area contributed by atoms with Gasteiger partial charge in [-0.2, -0.15) is 0 Å². The molecule has 1 fully saturated rings. The zero-order chi connectivity index (χ0) is 20.8. The fourth-order valence-electron chi connectivity index (χ4n) is 4.07. The second-order valence-corrected chi connectivity index (χ2v) is 8.11. The molecule has 1 aliphatic rings. The Morgan fingerprint density at radius 1 is 0.700 bits per heavy atom. The molecule has 0 atom stereocenters. The van der Waals surface area contributed by atoms with Crippen molar-refractivity contribution in [1.82, 2.24) is 0 Å². The average molecular weight is 394 g/mol. The summed E-state index contributed by atoms with van der Waals surface area (Å²) in [5, 5.41) is 0. The quantitative estimate of drug-likeness (QED) is 0.514. The van der Waals surface area contributed by atoms with Gasteiger partial charge in [0.2, 0.25) is 0 Å². The SMILES string of the molecule is C=Cc1ccc(CC2(Cc3ccc(C=C)cc3)COB(c3ccccc3)OC2)cc1. The molecule has 0 saturated carbocycles. The van der Waals surface area contributed by atoms with Gasteiger partial charge in [0.1, 0.15) is 0 Å². The molecule has 0 aliphatic carbocycles. The van der Waals surface area contributed by atoms with E-state index in [9.17, 15) is 0 Å². The molecule has 2 nitrogen and oxygen atoms in total. The van der Waals surface area contributed by atoms with Crippen molar-refractivity contribution in [3.05, 3.63) is 114 Å². The normalized spacial score (nSPS) is 15.5. The third-order valence-corrected chi connectivity index (χ3v) is 5.74. The van der Waals surface area contributed by atoms with E-state index in [1.54, 1.807) is 0 Å². The van der Waals surface area contributed by atoms with Gasteiger partial charge in [0.05, 0.1) is 0 Å². The van der Waals surface area contributed by atoms with Crippen molar-refractivity contribution in [3.63, 3.8) is 0 Å². The number of hydrogen-bond donors (Lipinski definition) is 0. The highest BCUT2D eigenvalue weighted by atomic mass is 16.6. The Morgan fingerprint density at radius 3 is 1.60 bits per heavy atom. The van der Waals surface area contributed by atoms with Crippen molar-refractivity contribution in [2.45, 2.75) is 12.8 Å². The summed E-state index contributed by atoms with van der Waals surface area (Å²) in [6.07, 6.45) is 5.54. The molecule has 0 spiro atoms. The lowest BCUT2D eigenvalue weighted by Crippen LogP contribution is -2.51. The summed E-state index contributed by atoms with van der Waals surface area (Å²) < 4.78 is 12.5. The third kappa shape index (κ3) is 4.81. The molecule has 3 heteroatoms. The van der Waals surface area contributed by atoms with E-state index in [4.69, 9.17) is 9.31 Å². The highest BCUT2D eigenvalue weighted by molar-refractivity contribution is 6.61. The summed E-state index contributed by atoms with van der Waals surface area (Å²) in [4.78, 5) is 0. The van der Waals surface area contributed by atoms with Crippen molar-refractivity contribution >= 4 is 24.7 Å². The first-order chi connectivity index (χ1) is 14.7. The summed E-state index contributed by atoms with van der Waals surface area (Å²) in [6.45, 7) is 9.00. The molecule has 1 saturated heterocycles. The van der Waals surface area contributed by atoms with E-state index >= 15 is 0 Å². The van der Waals surface area contributed by atoms with Gasteiger partial charge in [-0.3, -0.25) is 0 Å². The van der Waals surface area contributed by atoms with Gasteiger partial charge in [0.15, 0.2) is 0 Å². The van der Waals surface area contributed by atoms with Crippen LogP contribution in [0.3, 0.4) is 0 Å². The lowest BCUT2D eigenvalue weighted by Gasteiger charge is -2.40. The Labute approximate surface area is 180 Å². The van der Waals surface area contributed by atoms with E-state index in [0.29, 0.717) is 13.2 Å². The second-order valence-electron chi connectivity index (χ2n) is 8.11. The summed E-state index contributed by atoms with van der Waals surface area (Å²) >= 11 is 0. The Balaban J connectivity index is 1.55. The Morgan fingerprint density at radius 2 is 1.17 bits per heavy atom. The fraction of sp³-hybridized carbons (Fsp3) is 0.185. The van der Waals surface area contributed by atoms with Gasteiger partial charge in [-0.25, -0.2) is 0 Å². The van der Waals surface area contributed by atoms with Gasteiger partial charge in [-0.1, -0.05) is 104 Å². The van der Waals surface area contributed by atoms with Gasteiger partial charge < -0.3 is 9.31 Å². The predicted octanol–water partition coefficient (Wildman–Crippen LogP) is 5.19. The minimum absolute atomic E-state index is 0.114. The zero-order valence-corrected chi connectivity index (χ0v) is 17.3. The zero-order valence-electron chi connectivity index (χ0n) is 17.3. The Bertz CT molecular complexity index is 914. The van der Waals surface area contributed by atoms with Crippen LogP contribution >= 0.6 is 0 Å². The monoisotopic (exact) mass is 394 g/mol. The fourth-order valence-corrected chi connectivity index (χ4v) is 4.07. The van der Waals surface area contributed by atoms with Gasteiger partial charge in [-0.15, -0.1) is 0 Å². The molecule has 30 heavy (non-hydrogen) atoms. The maximum Gasteiger partial charge on any atom is 0.493 e. The van der Waals surface area contributed by atoms with Gasteiger partial charge in [0.25, 0.3) is 0 Å². The van der Waals surface area contributed by atoms with E-state index in [1.807, 2.05) is 30.4 Å². The van der Waals surface area contributed by atoms with Crippen molar-refractivity contribution in [2.75, 3.05) is 13.2 Å².